The van der Waals surface area contributed by atoms with Gasteiger partial charge in [0, 0.05) is 37.9 Å². The summed E-state index contributed by atoms with van der Waals surface area (Å²) in [5, 5.41) is 24.9. The number of alkyl halides is 3. The van der Waals surface area contributed by atoms with E-state index in [1.165, 1.54) is 5.57 Å². The Labute approximate surface area is 217 Å². The van der Waals surface area contributed by atoms with Gasteiger partial charge in [0.05, 0.1) is 0 Å². The smallest absolute Gasteiger partial charge is 0.475 e. The maximum atomic E-state index is 12.6. The van der Waals surface area contributed by atoms with E-state index in [-0.39, 0.29) is 17.8 Å². The Morgan fingerprint density at radius 3 is 2.11 bits per heavy atom. The van der Waals surface area contributed by atoms with E-state index < -0.39 is 12.1 Å². The topological polar surface area (TPSA) is 173 Å². The van der Waals surface area contributed by atoms with E-state index in [0.717, 1.165) is 36.2 Å². The number of rotatable bonds is 6. The van der Waals surface area contributed by atoms with Crippen LogP contribution in [-0.2, 0) is 11.2 Å². The van der Waals surface area contributed by atoms with Crippen molar-refractivity contribution in [3.05, 3.63) is 71.3 Å². The summed E-state index contributed by atoms with van der Waals surface area (Å²) in [7, 11) is 1.79. The molecule has 1 aliphatic heterocycles. The van der Waals surface area contributed by atoms with Gasteiger partial charge < -0.3 is 31.7 Å². The molecule has 0 atom stereocenters. The molecule has 1 heterocycles. The van der Waals surface area contributed by atoms with Crippen LogP contribution < -0.4 is 16.8 Å². The first-order valence-corrected chi connectivity index (χ1v) is 11.4. The van der Waals surface area contributed by atoms with E-state index >= 15 is 0 Å². The van der Waals surface area contributed by atoms with Crippen LogP contribution in [0.3, 0.4) is 0 Å². The summed E-state index contributed by atoms with van der Waals surface area (Å²) < 4.78 is 31.7. The highest BCUT2D eigenvalue weighted by Gasteiger charge is 2.38. The van der Waals surface area contributed by atoms with Crippen LogP contribution in [-0.4, -0.2) is 71.6 Å². The summed E-state index contributed by atoms with van der Waals surface area (Å²) in [5.74, 6) is -2.77. The highest BCUT2D eigenvalue weighted by atomic mass is 19.4. The molecular weight excluding hydrogens is 503 g/mol. The number of aliphatic carboxylic acids is 1. The van der Waals surface area contributed by atoms with Gasteiger partial charge in [-0.05, 0) is 53.8 Å². The summed E-state index contributed by atoms with van der Waals surface area (Å²) in [6.07, 6.45) is -1.42. The number of carbonyl (C=O) groups excluding carboxylic acids is 1. The number of guanidine groups is 2. The molecule has 1 aliphatic rings. The second-order valence-corrected chi connectivity index (χ2v) is 8.40. The van der Waals surface area contributed by atoms with Crippen molar-refractivity contribution in [2.45, 2.75) is 19.0 Å². The van der Waals surface area contributed by atoms with Crippen LogP contribution in [0.4, 0.5) is 18.9 Å². The molecule has 0 bridgehead atoms. The number of carbonyl (C=O) groups is 2. The fraction of sp³-hybridized carbons (Fsp3) is 0.280. The third-order valence-electron chi connectivity index (χ3n) is 5.67. The molecule has 3 rings (SSSR count). The van der Waals surface area contributed by atoms with Gasteiger partial charge >= 0.3 is 12.1 Å². The molecule has 13 heteroatoms. The number of benzene rings is 2. The predicted octanol–water partition coefficient (Wildman–Crippen LogP) is 2.92. The summed E-state index contributed by atoms with van der Waals surface area (Å²) in [6, 6.07) is 15.3. The molecule has 0 spiro atoms. The van der Waals surface area contributed by atoms with Crippen molar-refractivity contribution < 1.29 is 27.9 Å². The number of anilines is 1. The van der Waals surface area contributed by atoms with E-state index in [1.807, 2.05) is 53.4 Å². The quantitative estimate of drug-likeness (QED) is 0.245. The molecule has 8 N–H and O–H groups in total. The third kappa shape index (κ3) is 9.15. The van der Waals surface area contributed by atoms with E-state index in [2.05, 4.69) is 11.4 Å². The molecule has 2 aromatic carbocycles. The van der Waals surface area contributed by atoms with Crippen LogP contribution in [0.25, 0.3) is 5.57 Å². The number of halogens is 3. The molecule has 204 valence electrons. The molecule has 1 amide bonds. The van der Waals surface area contributed by atoms with Crippen LogP contribution >= 0.6 is 0 Å². The fourth-order valence-electron chi connectivity index (χ4n) is 3.36. The number of nitrogens with two attached hydrogens (primary N) is 2. The molecule has 0 aliphatic carbocycles. The number of nitrogens with one attached hydrogen (secondary N) is 3. The molecule has 0 radical (unpaired) electrons. The fourth-order valence-corrected chi connectivity index (χ4v) is 3.36. The van der Waals surface area contributed by atoms with Crippen molar-refractivity contribution >= 4 is 35.1 Å². The Morgan fingerprint density at radius 2 is 1.66 bits per heavy atom. The summed E-state index contributed by atoms with van der Waals surface area (Å²) >= 11 is 0. The number of hydrogen-bond acceptors (Lipinski definition) is 4. The van der Waals surface area contributed by atoms with Crippen molar-refractivity contribution in [1.82, 2.24) is 9.80 Å². The number of amides is 1. The van der Waals surface area contributed by atoms with Crippen molar-refractivity contribution in [2.75, 3.05) is 32.0 Å². The first kappa shape index (κ1) is 29.7. The van der Waals surface area contributed by atoms with Crippen LogP contribution in [0.2, 0.25) is 0 Å². The molecular formula is C25H30F3N7O3. The van der Waals surface area contributed by atoms with Gasteiger partial charge in [-0.25, -0.2) is 4.79 Å². The largest absolute Gasteiger partial charge is 0.490 e. The van der Waals surface area contributed by atoms with Gasteiger partial charge in [-0.15, -0.1) is 0 Å². The van der Waals surface area contributed by atoms with Gasteiger partial charge in [0.1, 0.15) is 0 Å². The highest BCUT2D eigenvalue weighted by molar-refractivity contribution is 6.04. The Bertz CT molecular complexity index is 1180. The standard InChI is InChI=1S/C23H29N7O.C2HF3O2/c1-29(22(24)25)13-10-16-2-8-20(9-3-16)28-21(31)19-6-4-17(5-7-19)18-11-14-30(15-12-18)23(26)27;3-2(4,5)1(6)7/h2-9,11H,10,12-15H2,1H3,(H3,24,25)(H3,26,27)(H,28,31);(H,6,7). The lowest BCUT2D eigenvalue weighted by Crippen LogP contribution is -2.39. The Kier molecular flexibility index (Phi) is 10.3. The van der Waals surface area contributed by atoms with Crippen molar-refractivity contribution in [2.24, 2.45) is 11.5 Å². The molecule has 38 heavy (non-hydrogen) atoms. The van der Waals surface area contributed by atoms with Crippen molar-refractivity contribution in [3.63, 3.8) is 0 Å². The molecule has 0 fully saturated rings. The molecule has 10 nitrogen and oxygen atoms in total. The molecule has 0 saturated heterocycles. The van der Waals surface area contributed by atoms with Gasteiger partial charge in [0.25, 0.3) is 5.91 Å². The Morgan fingerprint density at radius 1 is 1.08 bits per heavy atom. The molecule has 2 aromatic rings. The lowest BCUT2D eigenvalue weighted by Gasteiger charge is -2.26. The first-order chi connectivity index (χ1) is 17.8. The van der Waals surface area contributed by atoms with E-state index in [4.69, 9.17) is 32.2 Å². The number of carboxylic acids is 1. The zero-order valence-corrected chi connectivity index (χ0v) is 20.7. The molecule has 0 unspecified atom stereocenters. The minimum absolute atomic E-state index is 0.0488. The number of nitrogens with zero attached hydrogens (tertiary/aromatic N) is 2. The average molecular weight is 534 g/mol. The normalized spacial score (nSPS) is 12.9. The second-order valence-electron chi connectivity index (χ2n) is 8.40. The molecule has 0 aromatic heterocycles. The number of hydrogen-bond donors (Lipinski definition) is 6. The average Bonchev–Trinajstić information content (AvgIpc) is 2.88. The first-order valence-electron chi connectivity index (χ1n) is 11.4. The Hall–Kier alpha value is -4.55. The highest BCUT2D eigenvalue weighted by Crippen LogP contribution is 2.23. The number of likely N-dealkylation sites (N-methyl/N-ethyl adjacent to an activating group) is 1. The van der Waals surface area contributed by atoms with Crippen LogP contribution in [0.1, 0.15) is 27.9 Å². The van der Waals surface area contributed by atoms with Crippen molar-refractivity contribution in [1.29, 1.82) is 10.8 Å². The van der Waals surface area contributed by atoms with Crippen LogP contribution in [0.5, 0.6) is 0 Å². The summed E-state index contributed by atoms with van der Waals surface area (Å²) in [6.45, 7) is 2.02. The zero-order valence-electron chi connectivity index (χ0n) is 20.7. The Balaban J connectivity index is 0.000000638. The van der Waals surface area contributed by atoms with Crippen molar-refractivity contribution in [3.8, 4) is 0 Å². The van der Waals surface area contributed by atoms with E-state index in [0.29, 0.717) is 18.7 Å². The van der Waals surface area contributed by atoms with Gasteiger partial charge in [0.15, 0.2) is 11.9 Å². The van der Waals surface area contributed by atoms with E-state index in [1.54, 1.807) is 11.9 Å². The predicted molar refractivity (Wildman–Crippen MR) is 139 cm³/mol. The van der Waals surface area contributed by atoms with Gasteiger partial charge in [-0.3, -0.25) is 15.6 Å². The van der Waals surface area contributed by atoms with Crippen LogP contribution in [0.15, 0.2) is 54.6 Å². The lowest BCUT2D eigenvalue weighted by molar-refractivity contribution is -0.192. The minimum Gasteiger partial charge on any atom is -0.475 e. The zero-order chi connectivity index (χ0) is 28.5. The second kappa shape index (κ2) is 13.1. The van der Waals surface area contributed by atoms with E-state index in [9.17, 15) is 18.0 Å². The lowest BCUT2D eigenvalue weighted by atomic mass is 9.98. The van der Waals surface area contributed by atoms with Gasteiger partial charge in [-0.2, -0.15) is 13.2 Å². The monoisotopic (exact) mass is 533 g/mol. The van der Waals surface area contributed by atoms with Gasteiger partial charge in [-0.1, -0.05) is 30.3 Å². The summed E-state index contributed by atoms with van der Waals surface area (Å²) in [4.78, 5) is 25.0. The summed E-state index contributed by atoms with van der Waals surface area (Å²) in [5.41, 5.74) is 15.7. The van der Waals surface area contributed by atoms with Crippen LogP contribution in [0, 0.1) is 10.8 Å². The number of carboxylic acid groups (broad SMARTS) is 1. The third-order valence-corrected chi connectivity index (χ3v) is 5.67. The van der Waals surface area contributed by atoms with Gasteiger partial charge in [0.2, 0.25) is 0 Å². The molecule has 0 saturated carbocycles. The SMILES string of the molecule is CN(CCc1ccc(NC(=O)c2ccc(C3=CCN(C(=N)N)CC3)cc2)cc1)C(=N)N.O=C(O)C(F)(F)F. The minimum atomic E-state index is -5.08. The maximum absolute atomic E-state index is 12.6. The maximum Gasteiger partial charge on any atom is 0.490 e.